The van der Waals surface area contributed by atoms with Gasteiger partial charge in [-0.2, -0.15) is 0 Å². The molecule has 1 heterocycles. The number of benzene rings is 2. The van der Waals surface area contributed by atoms with Crippen LogP contribution >= 0.6 is 31.9 Å². The summed E-state index contributed by atoms with van der Waals surface area (Å²) in [5.74, 6) is 0.952. The van der Waals surface area contributed by atoms with E-state index < -0.39 is 0 Å². The van der Waals surface area contributed by atoms with E-state index in [4.69, 9.17) is 0 Å². The van der Waals surface area contributed by atoms with E-state index in [2.05, 4.69) is 77.8 Å². The first-order valence-corrected chi connectivity index (χ1v) is 7.85. The summed E-state index contributed by atoms with van der Waals surface area (Å²) in [4.78, 5) is 4.61. The van der Waals surface area contributed by atoms with Gasteiger partial charge in [-0.3, -0.25) is 0 Å². The second kappa shape index (κ2) is 5.94. The summed E-state index contributed by atoms with van der Waals surface area (Å²) in [6.45, 7) is 0.782. The van der Waals surface area contributed by atoms with E-state index in [1.165, 1.54) is 5.56 Å². The van der Waals surface area contributed by atoms with Crippen LogP contribution in [0.3, 0.4) is 0 Å². The first-order valence-electron chi connectivity index (χ1n) is 6.26. The van der Waals surface area contributed by atoms with Crippen LogP contribution in [0.25, 0.3) is 11.4 Å². The standard InChI is InChI=1S/C16H12Br2N2/c17-14-15(18)20(11-12-7-3-1-4-8-12)16(19-14)13-9-5-2-6-10-13/h1-10H,11H2. The molecule has 2 nitrogen and oxygen atoms in total. The van der Waals surface area contributed by atoms with Crippen LogP contribution in [0.15, 0.2) is 69.9 Å². The lowest BCUT2D eigenvalue weighted by atomic mass is 10.2. The van der Waals surface area contributed by atoms with E-state index in [0.29, 0.717) is 0 Å². The number of imidazole rings is 1. The Bertz CT molecular complexity index is 706. The molecular weight excluding hydrogens is 380 g/mol. The Morgan fingerprint density at radius 1 is 0.850 bits per heavy atom. The van der Waals surface area contributed by atoms with Crippen LogP contribution in [-0.4, -0.2) is 9.55 Å². The number of hydrogen-bond donors (Lipinski definition) is 0. The van der Waals surface area contributed by atoms with E-state index in [0.717, 1.165) is 27.1 Å². The quantitative estimate of drug-likeness (QED) is 0.605. The van der Waals surface area contributed by atoms with Crippen molar-refractivity contribution in [2.45, 2.75) is 6.54 Å². The van der Waals surface area contributed by atoms with Gasteiger partial charge in [-0.05, 0) is 37.4 Å². The zero-order valence-corrected chi connectivity index (χ0v) is 13.8. The van der Waals surface area contributed by atoms with E-state index in [9.17, 15) is 0 Å². The minimum Gasteiger partial charge on any atom is -0.313 e. The van der Waals surface area contributed by atoms with Crippen molar-refractivity contribution >= 4 is 31.9 Å². The van der Waals surface area contributed by atoms with Crippen molar-refractivity contribution in [3.8, 4) is 11.4 Å². The van der Waals surface area contributed by atoms with E-state index in [1.807, 2.05) is 24.3 Å². The summed E-state index contributed by atoms with van der Waals surface area (Å²) in [5, 5.41) is 0. The Morgan fingerprint density at radius 3 is 2.10 bits per heavy atom. The van der Waals surface area contributed by atoms with Crippen molar-refractivity contribution in [2.75, 3.05) is 0 Å². The summed E-state index contributed by atoms with van der Waals surface area (Å²) in [6.07, 6.45) is 0. The van der Waals surface area contributed by atoms with Crippen LogP contribution in [0.4, 0.5) is 0 Å². The molecule has 20 heavy (non-hydrogen) atoms. The molecule has 2 aromatic carbocycles. The van der Waals surface area contributed by atoms with Gasteiger partial charge in [-0.15, -0.1) is 0 Å². The van der Waals surface area contributed by atoms with Gasteiger partial charge in [0.1, 0.15) is 15.0 Å². The molecule has 0 aliphatic heterocycles. The van der Waals surface area contributed by atoms with Crippen LogP contribution in [0, 0.1) is 0 Å². The summed E-state index contributed by atoms with van der Waals surface area (Å²) in [5.41, 5.74) is 2.35. The molecule has 3 aromatic rings. The minimum atomic E-state index is 0.782. The smallest absolute Gasteiger partial charge is 0.142 e. The Balaban J connectivity index is 2.06. The highest BCUT2D eigenvalue weighted by Crippen LogP contribution is 2.30. The molecule has 0 bridgehead atoms. The van der Waals surface area contributed by atoms with Crippen molar-refractivity contribution in [2.24, 2.45) is 0 Å². The lowest BCUT2D eigenvalue weighted by molar-refractivity contribution is 0.789. The predicted molar refractivity (Wildman–Crippen MR) is 88.6 cm³/mol. The van der Waals surface area contributed by atoms with Crippen molar-refractivity contribution < 1.29 is 0 Å². The summed E-state index contributed by atoms with van der Waals surface area (Å²) >= 11 is 7.11. The Morgan fingerprint density at radius 2 is 1.45 bits per heavy atom. The second-order valence-electron chi connectivity index (χ2n) is 4.45. The third-order valence-electron chi connectivity index (χ3n) is 3.08. The molecule has 0 aliphatic carbocycles. The predicted octanol–water partition coefficient (Wildman–Crippen LogP) is 5.12. The van der Waals surface area contributed by atoms with Crippen molar-refractivity contribution in [1.29, 1.82) is 0 Å². The third kappa shape index (κ3) is 2.72. The highest BCUT2D eigenvalue weighted by atomic mass is 79.9. The zero-order valence-electron chi connectivity index (χ0n) is 10.6. The van der Waals surface area contributed by atoms with Gasteiger partial charge in [0.2, 0.25) is 0 Å². The van der Waals surface area contributed by atoms with Gasteiger partial charge >= 0.3 is 0 Å². The van der Waals surface area contributed by atoms with Crippen LogP contribution < -0.4 is 0 Å². The molecule has 0 aliphatic rings. The minimum absolute atomic E-state index is 0.782. The lowest BCUT2D eigenvalue weighted by Crippen LogP contribution is -2.02. The van der Waals surface area contributed by atoms with Crippen molar-refractivity contribution in [3.63, 3.8) is 0 Å². The first-order chi connectivity index (χ1) is 9.75. The number of hydrogen-bond acceptors (Lipinski definition) is 1. The highest BCUT2D eigenvalue weighted by Gasteiger charge is 2.14. The van der Waals surface area contributed by atoms with Gasteiger partial charge in [-0.1, -0.05) is 60.7 Å². The highest BCUT2D eigenvalue weighted by molar-refractivity contribution is 9.13. The molecule has 0 spiro atoms. The molecule has 0 saturated carbocycles. The van der Waals surface area contributed by atoms with Gasteiger partial charge in [0.05, 0.1) is 6.54 Å². The van der Waals surface area contributed by atoms with E-state index in [-0.39, 0.29) is 0 Å². The maximum absolute atomic E-state index is 4.61. The summed E-state index contributed by atoms with van der Waals surface area (Å²) < 4.78 is 3.95. The first kappa shape index (κ1) is 13.6. The normalized spacial score (nSPS) is 10.7. The van der Waals surface area contributed by atoms with Gasteiger partial charge in [0, 0.05) is 5.56 Å². The van der Waals surface area contributed by atoms with Crippen LogP contribution in [0.5, 0.6) is 0 Å². The van der Waals surface area contributed by atoms with Gasteiger partial charge in [0.15, 0.2) is 0 Å². The average Bonchev–Trinajstić information content (AvgIpc) is 2.78. The average molecular weight is 392 g/mol. The maximum Gasteiger partial charge on any atom is 0.142 e. The zero-order chi connectivity index (χ0) is 13.9. The van der Waals surface area contributed by atoms with E-state index >= 15 is 0 Å². The van der Waals surface area contributed by atoms with Crippen LogP contribution in [0.1, 0.15) is 5.56 Å². The molecule has 0 N–H and O–H groups in total. The number of nitrogens with zero attached hydrogens (tertiary/aromatic N) is 2. The number of rotatable bonds is 3. The van der Waals surface area contributed by atoms with E-state index in [1.54, 1.807) is 0 Å². The van der Waals surface area contributed by atoms with Gasteiger partial charge in [-0.25, -0.2) is 4.98 Å². The Kier molecular flexibility index (Phi) is 4.03. The number of halogens is 2. The molecule has 0 unspecified atom stereocenters. The molecule has 0 amide bonds. The molecule has 0 atom stereocenters. The number of aromatic nitrogens is 2. The fraction of sp³-hybridized carbons (Fsp3) is 0.0625. The molecule has 0 fully saturated rings. The third-order valence-corrected chi connectivity index (χ3v) is 4.97. The second-order valence-corrected chi connectivity index (χ2v) is 5.96. The molecule has 4 heteroatoms. The topological polar surface area (TPSA) is 17.8 Å². The Hall–Kier alpha value is -1.39. The maximum atomic E-state index is 4.61. The largest absolute Gasteiger partial charge is 0.313 e. The van der Waals surface area contributed by atoms with Gasteiger partial charge in [0.25, 0.3) is 0 Å². The van der Waals surface area contributed by atoms with Crippen molar-refractivity contribution in [1.82, 2.24) is 9.55 Å². The SMILES string of the molecule is Brc1nc(-c2ccccc2)n(Cc2ccccc2)c1Br. The molecule has 1 aromatic heterocycles. The fourth-order valence-corrected chi connectivity index (χ4v) is 2.89. The molecule has 100 valence electrons. The summed E-state index contributed by atoms with van der Waals surface area (Å²) in [6, 6.07) is 20.6. The molecule has 0 saturated heterocycles. The van der Waals surface area contributed by atoms with Crippen LogP contribution in [0.2, 0.25) is 0 Å². The van der Waals surface area contributed by atoms with Gasteiger partial charge < -0.3 is 4.57 Å². The van der Waals surface area contributed by atoms with Crippen LogP contribution in [-0.2, 0) is 6.54 Å². The molecule has 3 rings (SSSR count). The fourth-order valence-electron chi connectivity index (χ4n) is 2.12. The Labute approximate surface area is 134 Å². The molecular formula is C16H12Br2N2. The molecule has 0 radical (unpaired) electrons. The lowest BCUT2D eigenvalue weighted by Gasteiger charge is -2.09. The monoisotopic (exact) mass is 390 g/mol. The summed E-state index contributed by atoms with van der Waals surface area (Å²) in [7, 11) is 0. The van der Waals surface area contributed by atoms with Crippen molar-refractivity contribution in [3.05, 3.63) is 75.4 Å².